The standard InChI is InChI=1S/C17H21N3O4S/c1-20-10-12-8-13(4-6-15(12)18-11-20)19-25(21,22)17-7-5-14(23-2)9-16(17)24-3/h4-9,18-19H,10-11H2,1-3H3. The monoisotopic (exact) mass is 363 g/mol. The van der Waals surface area contributed by atoms with Crippen molar-refractivity contribution in [1.29, 1.82) is 0 Å². The number of nitrogens with zero attached hydrogens (tertiary/aromatic N) is 1. The molecule has 2 aromatic carbocycles. The Bertz CT molecular complexity index is 883. The molecular weight excluding hydrogens is 342 g/mol. The summed E-state index contributed by atoms with van der Waals surface area (Å²) in [7, 11) is 1.15. The summed E-state index contributed by atoms with van der Waals surface area (Å²) in [5, 5.41) is 3.28. The normalized spacial score (nSPS) is 14.4. The first-order chi connectivity index (χ1) is 11.9. The van der Waals surface area contributed by atoms with Crippen molar-refractivity contribution < 1.29 is 17.9 Å². The molecule has 0 bridgehead atoms. The van der Waals surface area contributed by atoms with Crippen LogP contribution in [-0.2, 0) is 16.6 Å². The number of hydrogen-bond donors (Lipinski definition) is 2. The minimum absolute atomic E-state index is 0.0590. The van der Waals surface area contributed by atoms with E-state index in [-0.39, 0.29) is 10.6 Å². The molecule has 0 radical (unpaired) electrons. The van der Waals surface area contributed by atoms with Crippen molar-refractivity contribution in [3.05, 3.63) is 42.0 Å². The SMILES string of the molecule is COc1ccc(S(=O)(=O)Nc2ccc3c(c2)CN(C)CN3)c(OC)c1. The molecule has 0 saturated carbocycles. The van der Waals surface area contributed by atoms with Crippen molar-refractivity contribution in [1.82, 2.24) is 4.90 Å². The minimum Gasteiger partial charge on any atom is -0.497 e. The lowest BCUT2D eigenvalue weighted by molar-refractivity contribution is 0.340. The zero-order valence-corrected chi connectivity index (χ0v) is 15.2. The van der Waals surface area contributed by atoms with E-state index < -0.39 is 10.0 Å². The fraction of sp³-hybridized carbons (Fsp3) is 0.294. The van der Waals surface area contributed by atoms with Gasteiger partial charge < -0.3 is 14.8 Å². The van der Waals surface area contributed by atoms with E-state index in [4.69, 9.17) is 9.47 Å². The van der Waals surface area contributed by atoms with Crippen molar-refractivity contribution in [2.45, 2.75) is 11.4 Å². The average molecular weight is 363 g/mol. The Labute approximate surface area is 147 Å². The fourth-order valence-corrected chi connectivity index (χ4v) is 3.94. The van der Waals surface area contributed by atoms with Gasteiger partial charge in [0.2, 0.25) is 0 Å². The van der Waals surface area contributed by atoms with Gasteiger partial charge in [-0.05, 0) is 42.9 Å². The minimum atomic E-state index is -3.79. The molecule has 0 unspecified atom stereocenters. The van der Waals surface area contributed by atoms with Gasteiger partial charge in [-0.15, -0.1) is 0 Å². The van der Waals surface area contributed by atoms with E-state index in [0.717, 1.165) is 24.5 Å². The van der Waals surface area contributed by atoms with Gasteiger partial charge in [0.05, 0.1) is 20.9 Å². The third kappa shape index (κ3) is 3.64. The highest BCUT2D eigenvalue weighted by Crippen LogP contribution is 2.31. The molecule has 134 valence electrons. The lowest BCUT2D eigenvalue weighted by Gasteiger charge is -2.27. The molecule has 0 atom stereocenters. The van der Waals surface area contributed by atoms with Crippen LogP contribution in [-0.4, -0.2) is 41.3 Å². The summed E-state index contributed by atoms with van der Waals surface area (Å²) in [6.45, 7) is 1.52. The van der Waals surface area contributed by atoms with E-state index in [0.29, 0.717) is 11.4 Å². The van der Waals surface area contributed by atoms with Crippen LogP contribution in [0.1, 0.15) is 5.56 Å². The molecule has 0 fully saturated rings. The van der Waals surface area contributed by atoms with E-state index in [1.807, 2.05) is 19.2 Å². The van der Waals surface area contributed by atoms with Crippen LogP contribution in [0.2, 0.25) is 0 Å². The smallest absolute Gasteiger partial charge is 0.265 e. The van der Waals surface area contributed by atoms with Crippen molar-refractivity contribution in [2.24, 2.45) is 0 Å². The largest absolute Gasteiger partial charge is 0.497 e. The second kappa shape index (κ2) is 6.81. The first-order valence-corrected chi connectivity index (χ1v) is 9.21. The molecule has 0 aromatic heterocycles. The Morgan fingerprint density at radius 2 is 1.92 bits per heavy atom. The van der Waals surface area contributed by atoms with Crippen LogP contribution < -0.4 is 19.5 Å². The Morgan fingerprint density at radius 3 is 2.64 bits per heavy atom. The quantitative estimate of drug-likeness (QED) is 0.849. The second-order valence-electron chi connectivity index (χ2n) is 5.84. The van der Waals surface area contributed by atoms with Gasteiger partial charge in [-0.3, -0.25) is 9.62 Å². The summed E-state index contributed by atoms with van der Waals surface area (Å²) in [4.78, 5) is 2.16. The maximum absolute atomic E-state index is 12.8. The number of rotatable bonds is 5. The van der Waals surface area contributed by atoms with Gasteiger partial charge in [0.1, 0.15) is 16.4 Å². The van der Waals surface area contributed by atoms with E-state index in [1.54, 1.807) is 18.2 Å². The summed E-state index contributed by atoms with van der Waals surface area (Å²) >= 11 is 0. The molecule has 2 aromatic rings. The van der Waals surface area contributed by atoms with Gasteiger partial charge in [-0.1, -0.05) is 0 Å². The third-order valence-corrected chi connectivity index (χ3v) is 5.42. The van der Waals surface area contributed by atoms with Gasteiger partial charge in [0.15, 0.2) is 0 Å². The Kier molecular flexibility index (Phi) is 4.73. The topological polar surface area (TPSA) is 79.9 Å². The van der Waals surface area contributed by atoms with Crippen LogP contribution in [0.25, 0.3) is 0 Å². The molecule has 2 N–H and O–H groups in total. The van der Waals surface area contributed by atoms with Crippen LogP contribution in [0.5, 0.6) is 11.5 Å². The molecule has 1 aliphatic rings. The van der Waals surface area contributed by atoms with Crippen molar-refractivity contribution in [3.8, 4) is 11.5 Å². The van der Waals surface area contributed by atoms with Crippen LogP contribution in [0, 0.1) is 0 Å². The van der Waals surface area contributed by atoms with Crippen molar-refractivity contribution >= 4 is 21.4 Å². The predicted molar refractivity (Wildman–Crippen MR) is 96.8 cm³/mol. The number of methoxy groups -OCH3 is 2. The van der Waals surface area contributed by atoms with Gasteiger partial charge in [0, 0.05) is 24.0 Å². The maximum atomic E-state index is 12.8. The molecule has 3 rings (SSSR count). The molecule has 1 heterocycles. The molecule has 1 aliphatic heterocycles. The summed E-state index contributed by atoms with van der Waals surface area (Å²) in [6.07, 6.45) is 0. The summed E-state index contributed by atoms with van der Waals surface area (Å²) in [6, 6.07) is 10.1. The maximum Gasteiger partial charge on any atom is 0.265 e. The highest BCUT2D eigenvalue weighted by atomic mass is 32.2. The predicted octanol–water partition coefficient (Wildman–Crippen LogP) is 2.32. The van der Waals surface area contributed by atoms with E-state index in [2.05, 4.69) is 14.9 Å². The molecular formula is C17H21N3O4S. The lowest BCUT2D eigenvalue weighted by atomic mass is 10.1. The Balaban J connectivity index is 1.91. The van der Waals surface area contributed by atoms with E-state index >= 15 is 0 Å². The zero-order valence-electron chi connectivity index (χ0n) is 14.4. The summed E-state index contributed by atoms with van der Waals surface area (Å²) in [5.74, 6) is 0.755. The summed E-state index contributed by atoms with van der Waals surface area (Å²) < 4.78 is 38.4. The van der Waals surface area contributed by atoms with E-state index in [1.165, 1.54) is 20.3 Å². The first kappa shape index (κ1) is 17.4. The average Bonchev–Trinajstić information content (AvgIpc) is 2.60. The number of fused-ring (bicyclic) bond motifs is 1. The molecule has 0 saturated heterocycles. The molecule has 0 aliphatic carbocycles. The number of nitrogens with one attached hydrogen (secondary N) is 2. The van der Waals surface area contributed by atoms with Crippen LogP contribution in [0.4, 0.5) is 11.4 Å². The van der Waals surface area contributed by atoms with Crippen LogP contribution >= 0.6 is 0 Å². The van der Waals surface area contributed by atoms with Crippen LogP contribution in [0.3, 0.4) is 0 Å². The number of ether oxygens (including phenoxy) is 2. The highest BCUT2D eigenvalue weighted by Gasteiger charge is 2.21. The lowest BCUT2D eigenvalue weighted by Crippen LogP contribution is -2.30. The van der Waals surface area contributed by atoms with Gasteiger partial charge in [-0.25, -0.2) is 8.42 Å². The van der Waals surface area contributed by atoms with Gasteiger partial charge in [-0.2, -0.15) is 0 Å². The fourth-order valence-electron chi connectivity index (χ4n) is 2.73. The number of hydrogen-bond acceptors (Lipinski definition) is 6. The Morgan fingerprint density at radius 1 is 1.12 bits per heavy atom. The first-order valence-electron chi connectivity index (χ1n) is 7.73. The molecule has 8 heteroatoms. The summed E-state index contributed by atoms with van der Waals surface area (Å²) in [5.41, 5.74) is 2.56. The third-order valence-electron chi connectivity index (χ3n) is 4.00. The van der Waals surface area contributed by atoms with Crippen molar-refractivity contribution in [3.63, 3.8) is 0 Å². The molecule has 0 amide bonds. The van der Waals surface area contributed by atoms with E-state index in [9.17, 15) is 8.42 Å². The molecule has 7 nitrogen and oxygen atoms in total. The zero-order chi connectivity index (χ0) is 18.0. The van der Waals surface area contributed by atoms with Gasteiger partial charge >= 0.3 is 0 Å². The number of anilines is 2. The second-order valence-corrected chi connectivity index (χ2v) is 7.49. The molecule has 0 spiro atoms. The highest BCUT2D eigenvalue weighted by molar-refractivity contribution is 7.92. The van der Waals surface area contributed by atoms with Crippen molar-refractivity contribution in [2.75, 3.05) is 38.0 Å². The van der Waals surface area contributed by atoms with Gasteiger partial charge in [0.25, 0.3) is 10.0 Å². The molecule has 25 heavy (non-hydrogen) atoms. The Hall–Kier alpha value is -2.45. The van der Waals surface area contributed by atoms with Crippen LogP contribution in [0.15, 0.2) is 41.3 Å². The number of sulfonamides is 1. The number of benzene rings is 2.